The quantitative estimate of drug-likeness (QED) is 0.652. The fraction of sp³-hybridized carbons (Fsp3) is 0.364. The topological polar surface area (TPSA) is 71.8 Å². The van der Waals surface area contributed by atoms with Crippen LogP contribution >= 0.6 is 0 Å². The Morgan fingerprint density at radius 2 is 1.85 bits per heavy atom. The third kappa shape index (κ3) is 3.57. The van der Waals surface area contributed by atoms with E-state index in [0.29, 0.717) is 5.92 Å². The molecule has 0 radical (unpaired) electrons. The van der Waals surface area contributed by atoms with Gasteiger partial charge < -0.3 is 10.3 Å². The zero-order valence-corrected chi connectivity index (χ0v) is 15.5. The fourth-order valence-corrected chi connectivity index (χ4v) is 3.98. The van der Waals surface area contributed by atoms with E-state index in [1.54, 1.807) is 6.08 Å². The molecule has 2 aromatic rings. The minimum Gasteiger partial charge on any atom is -0.365 e. The van der Waals surface area contributed by atoms with Crippen LogP contribution in [0.15, 0.2) is 35.9 Å². The number of amides is 1. The molecular formula is C22H25N3O. The summed E-state index contributed by atoms with van der Waals surface area (Å²) >= 11 is 0. The fourth-order valence-electron chi connectivity index (χ4n) is 3.98. The average molecular weight is 347 g/mol. The van der Waals surface area contributed by atoms with Gasteiger partial charge in [0.1, 0.15) is 11.6 Å². The lowest BCUT2D eigenvalue weighted by molar-refractivity contribution is -0.114. The Kier molecular flexibility index (Phi) is 5.27. The number of nitriles is 1. The number of aromatic nitrogens is 1. The van der Waals surface area contributed by atoms with Gasteiger partial charge in [-0.15, -0.1) is 0 Å². The largest absolute Gasteiger partial charge is 0.365 e. The Morgan fingerprint density at radius 1 is 1.19 bits per heavy atom. The van der Waals surface area contributed by atoms with Gasteiger partial charge in [-0.25, -0.2) is 0 Å². The monoisotopic (exact) mass is 347 g/mol. The van der Waals surface area contributed by atoms with E-state index in [1.165, 1.54) is 37.7 Å². The first-order valence-corrected chi connectivity index (χ1v) is 9.22. The number of nitrogens with two attached hydrogens (primary N) is 1. The second-order valence-corrected chi connectivity index (χ2v) is 7.12. The van der Waals surface area contributed by atoms with Crippen molar-refractivity contribution in [1.29, 1.82) is 5.26 Å². The van der Waals surface area contributed by atoms with Crippen molar-refractivity contribution in [2.45, 2.75) is 51.9 Å². The number of aryl methyl sites for hydroxylation is 1. The summed E-state index contributed by atoms with van der Waals surface area (Å²) in [6.07, 6.45) is 8.18. The molecule has 0 atom stereocenters. The lowest BCUT2D eigenvalue weighted by Gasteiger charge is -2.22. The number of carbonyl (C=O) groups is 1. The second kappa shape index (κ2) is 7.61. The Bertz CT molecular complexity index is 875. The molecule has 1 heterocycles. The highest BCUT2D eigenvalue weighted by molar-refractivity contribution is 6.00. The van der Waals surface area contributed by atoms with E-state index in [9.17, 15) is 4.79 Å². The Morgan fingerprint density at radius 3 is 2.42 bits per heavy atom. The predicted molar refractivity (Wildman–Crippen MR) is 104 cm³/mol. The smallest absolute Gasteiger partial charge is 0.259 e. The molecule has 1 aromatic heterocycles. The molecule has 134 valence electrons. The Balaban J connectivity index is 1.92. The zero-order chi connectivity index (χ0) is 18.7. The molecule has 4 nitrogen and oxygen atoms in total. The summed E-state index contributed by atoms with van der Waals surface area (Å²) in [5.41, 5.74) is 10.6. The van der Waals surface area contributed by atoms with Gasteiger partial charge in [-0.1, -0.05) is 31.4 Å². The molecule has 1 fully saturated rings. The van der Waals surface area contributed by atoms with E-state index in [4.69, 9.17) is 11.0 Å². The summed E-state index contributed by atoms with van der Waals surface area (Å²) in [4.78, 5) is 11.3. The van der Waals surface area contributed by atoms with Crippen molar-refractivity contribution >= 4 is 12.0 Å². The van der Waals surface area contributed by atoms with Gasteiger partial charge in [0.15, 0.2) is 0 Å². The standard InChI is InChI=1S/C22H25N3O/c1-15-12-19(13-20(14-23)22(24)26)16(2)25(15)21-10-8-18(9-11-21)17-6-4-3-5-7-17/h8-13,17H,3-7H2,1-2H3,(H2,24,26)/b20-13+. The molecule has 1 aromatic carbocycles. The van der Waals surface area contributed by atoms with Gasteiger partial charge in [-0.05, 0) is 68.0 Å². The average Bonchev–Trinajstić information content (AvgIpc) is 2.93. The maximum Gasteiger partial charge on any atom is 0.259 e. The third-order valence-corrected chi connectivity index (χ3v) is 5.38. The number of nitrogens with zero attached hydrogens (tertiary/aromatic N) is 2. The SMILES string of the molecule is Cc1cc(/C=C(\C#N)C(N)=O)c(C)n1-c1ccc(C2CCCCC2)cc1. The molecule has 2 N–H and O–H groups in total. The lowest BCUT2D eigenvalue weighted by Crippen LogP contribution is -2.12. The first-order chi connectivity index (χ1) is 12.5. The molecule has 1 aliphatic rings. The van der Waals surface area contributed by atoms with Crippen LogP contribution < -0.4 is 5.73 Å². The molecule has 0 spiro atoms. The van der Waals surface area contributed by atoms with Crippen LogP contribution in [0.1, 0.15) is 60.5 Å². The second-order valence-electron chi connectivity index (χ2n) is 7.12. The minimum atomic E-state index is -0.700. The van der Waals surface area contributed by atoms with E-state index >= 15 is 0 Å². The first-order valence-electron chi connectivity index (χ1n) is 9.22. The van der Waals surface area contributed by atoms with Crippen molar-refractivity contribution in [3.05, 3.63) is 58.4 Å². The highest BCUT2D eigenvalue weighted by Crippen LogP contribution is 2.33. The van der Waals surface area contributed by atoms with Crippen LogP contribution in [0.5, 0.6) is 0 Å². The van der Waals surface area contributed by atoms with Crippen molar-refractivity contribution in [2.24, 2.45) is 5.73 Å². The van der Waals surface area contributed by atoms with Crippen molar-refractivity contribution in [3.8, 4) is 11.8 Å². The van der Waals surface area contributed by atoms with Crippen LogP contribution in [0.25, 0.3) is 11.8 Å². The molecule has 26 heavy (non-hydrogen) atoms. The maximum absolute atomic E-state index is 11.3. The van der Waals surface area contributed by atoms with Gasteiger partial charge in [0.2, 0.25) is 0 Å². The number of hydrogen-bond donors (Lipinski definition) is 1. The van der Waals surface area contributed by atoms with Gasteiger partial charge in [-0.3, -0.25) is 4.79 Å². The van der Waals surface area contributed by atoms with Gasteiger partial charge in [-0.2, -0.15) is 5.26 Å². The summed E-state index contributed by atoms with van der Waals surface area (Å²) in [5.74, 6) is -0.00829. The van der Waals surface area contributed by atoms with Gasteiger partial charge in [0, 0.05) is 17.1 Å². The van der Waals surface area contributed by atoms with E-state index in [0.717, 1.165) is 22.6 Å². The molecular weight excluding hydrogens is 322 g/mol. The number of carbonyl (C=O) groups excluding carboxylic acids is 1. The van der Waals surface area contributed by atoms with Gasteiger partial charge >= 0.3 is 0 Å². The third-order valence-electron chi connectivity index (χ3n) is 5.38. The van der Waals surface area contributed by atoms with Gasteiger partial charge in [0.05, 0.1) is 0 Å². The molecule has 1 aliphatic carbocycles. The van der Waals surface area contributed by atoms with Crippen LogP contribution in [0, 0.1) is 25.2 Å². The van der Waals surface area contributed by atoms with Crippen LogP contribution in [-0.2, 0) is 4.79 Å². The van der Waals surface area contributed by atoms with Crippen molar-refractivity contribution in [1.82, 2.24) is 4.57 Å². The summed E-state index contributed by atoms with van der Waals surface area (Å²) in [6, 6.07) is 12.7. The van der Waals surface area contributed by atoms with E-state index in [1.807, 2.05) is 26.0 Å². The Hall–Kier alpha value is -2.80. The molecule has 0 unspecified atom stereocenters. The zero-order valence-electron chi connectivity index (χ0n) is 15.5. The summed E-state index contributed by atoms with van der Waals surface area (Å²) in [6.45, 7) is 4.01. The summed E-state index contributed by atoms with van der Waals surface area (Å²) < 4.78 is 2.15. The number of hydrogen-bond acceptors (Lipinski definition) is 2. The number of primary amides is 1. The highest BCUT2D eigenvalue weighted by Gasteiger charge is 2.16. The van der Waals surface area contributed by atoms with E-state index < -0.39 is 5.91 Å². The minimum absolute atomic E-state index is 0.0297. The van der Waals surface area contributed by atoms with Crippen molar-refractivity contribution in [2.75, 3.05) is 0 Å². The van der Waals surface area contributed by atoms with Gasteiger partial charge in [0.25, 0.3) is 5.91 Å². The highest BCUT2D eigenvalue weighted by atomic mass is 16.1. The predicted octanol–water partition coefficient (Wildman–Crippen LogP) is 4.53. The number of rotatable bonds is 4. The molecule has 3 rings (SSSR count). The Labute approximate surface area is 154 Å². The molecule has 1 amide bonds. The summed E-state index contributed by atoms with van der Waals surface area (Å²) in [5, 5.41) is 9.07. The van der Waals surface area contributed by atoms with Crippen LogP contribution in [0.2, 0.25) is 0 Å². The first kappa shape index (κ1) is 18.0. The molecule has 0 aliphatic heterocycles. The lowest BCUT2D eigenvalue weighted by atomic mass is 9.84. The van der Waals surface area contributed by atoms with Crippen molar-refractivity contribution < 1.29 is 4.79 Å². The maximum atomic E-state index is 11.3. The van der Waals surface area contributed by atoms with E-state index in [-0.39, 0.29) is 5.57 Å². The molecule has 4 heteroatoms. The normalized spacial score (nSPS) is 15.7. The molecule has 0 saturated heterocycles. The van der Waals surface area contributed by atoms with Crippen LogP contribution in [-0.4, -0.2) is 10.5 Å². The molecule has 1 saturated carbocycles. The molecule has 0 bridgehead atoms. The van der Waals surface area contributed by atoms with Crippen molar-refractivity contribution in [3.63, 3.8) is 0 Å². The van der Waals surface area contributed by atoms with Crippen LogP contribution in [0.3, 0.4) is 0 Å². The summed E-state index contributed by atoms with van der Waals surface area (Å²) in [7, 11) is 0. The van der Waals surface area contributed by atoms with E-state index in [2.05, 4.69) is 28.8 Å². The number of benzene rings is 1. The van der Waals surface area contributed by atoms with Crippen LogP contribution in [0.4, 0.5) is 0 Å².